The zero-order chi connectivity index (χ0) is 13.0. The van der Waals surface area contributed by atoms with Gasteiger partial charge in [-0.3, -0.25) is 0 Å². The van der Waals surface area contributed by atoms with Crippen molar-refractivity contribution in [3.8, 4) is 5.75 Å². The first kappa shape index (κ1) is 12.3. The van der Waals surface area contributed by atoms with Gasteiger partial charge in [0.05, 0.1) is 11.4 Å². The Morgan fingerprint density at radius 3 is 2.56 bits per heavy atom. The number of benzene rings is 2. The van der Waals surface area contributed by atoms with Crippen LogP contribution in [0.1, 0.15) is 11.1 Å². The molecule has 2 aromatic rings. The first-order chi connectivity index (χ1) is 8.66. The molecule has 2 aromatic carbocycles. The molecule has 0 unspecified atom stereocenters. The summed E-state index contributed by atoms with van der Waals surface area (Å²) >= 11 is 0. The lowest BCUT2D eigenvalue weighted by Crippen LogP contribution is -2.07. The Hall–Kier alpha value is -2.16. The van der Waals surface area contributed by atoms with E-state index in [-0.39, 0.29) is 0 Å². The minimum absolute atomic E-state index is 0.301. The predicted octanol–water partition coefficient (Wildman–Crippen LogP) is 2.94. The Kier molecular flexibility index (Phi) is 3.72. The number of phenolic OH excluding ortho intramolecular Hbond substituents is 1. The average molecular weight is 242 g/mol. The van der Waals surface area contributed by atoms with Crippen LogP contribution in [-0.4, -0.2) is 11.7 Å². The Morgan fingerprint density at radius 1 is 1.11 bits per heavy atom. The summed E-state index contributed by atoms with van der Waals surface area (Å²) in [6, 6.07) is 13.2. The summed E-state index contributed by atoms with van der Waals surface area (Å²) < 4.78 is 0. The average Bonchev–Trinajstić information content (AvgIpc) is 2.37. The number of para-hydroxylation sites is 1. The van der Waals surface area contributed by atoms with Gasteiger partial charge in [0.2, 0.25) is 0 Å². The van der Waals surface area contributed by atoms with Gasteiger partial charge in [-0.05, 0) is 42.7 Å². The van der Waals surface area contributed by atoms with Crippen molar-refractivity contribution >= 4 is 11.4 Å². The Balaban J connectivity index is 1.92. The van der Waals surface area contributed by atoms with Crippen molar-refractivity contribution in [3.63, 3.8) is 0 Å². The van der Waals surface area contributed by atoms with E-state index in [1.165, 1.54) is 5.56 Å². The molecule has 0 atom stereocenters. The lowest BCUT2D eigenvalue weighted by atomic mass is 10.1. The first-order valence-electron chi connectivity index (χ1n) is 6.03. The molecule has 0 heterocycles. The normalized spacial score (nSPS) is 10.3. The molecule has 0 radical (unpaired) electrons. The fourth-order valence-electron chi connectivity index (χ4n) is 1.84. The predicted molar refractivity (Wildman–Crippen MR) is 75.9 cm³/mol. The summed E-state index contributed by atoms with van der Waals surface area (Å²) in [6.07, 6.45) is 0.896. The highest BCUT2D eigenvalue weighted by Crippen LogP contribution is 2.21. The van der Waals surface area contributed by atoms with Crippen LogP contribution in [0.3, 0.4) is 0 Å². The molecular weight excluding hydrogens is 224 g/mol. The van der Waals surface area contributed by atoms with Gasteiger partial charge in [-0.15, -0.1) is 0 Å². The number of nitrogens with two attached hydrogens (primary N) is 1. The van der Waals surface area contributed by atoms with Gasteiger partial charge >= 0.3 is 0 Å². The van der Waals surface area contributed by atoms with Gasteiger partial charge in [-0.25, -0.2) is 0 Å². The fraction of sp³-hybridized carbons (Fsp3) is 0.200. The number of aryl methyl sites for hydroxylation is 1. The van der Waals surface area contributed by atoms with Crippen LogP contribution in [-0.2, 0) is 6.42 Å². The summed E-state index contributed by atoms with van der Waals surface area (Å²) in [7, 11) is 0. The summed E-state index contributed by atoms with van der Waals surface area (Å²) in [5.74, 6) is 0.301. The molecule has 18 heavy (non-hydrogen) atoms. The second-order valence-corrected chi connectivity index (χ2v) is 4.38. The zero-order valence-corrected chi connectivity index (χ0v) is 10.5. The van der Waals surface area contributed by atoms with Crippen LogP contribution in [0.4, 0.5) is 11.4 Å². The highest BCUT2D eigenvalue weighted by atomic mass is 16.3. The third-order valence-electron chi connectivity index (χ3n) is 2.99. The number of aromatic hydroxyl groups is 1. The fourth-order valence-corrected chi connectivity index (χ4v) is 1.84. The van der Waals surface area contributed by atoms with Crippen LogP contribution >= 0.6 is 0 Å². The molecule has 3 nitrogen and oxygen atoms in total. The summed E-state index contributed by atoms with van der Waals surface area (Å²) in [5.41, 5.74) is 10.0. The number of nitrogens with one attached hydrogen (secondary N) is 1. The van der Waals surface area contributed by atoms with Crippen molar-refractivity contribution in [2.75, 3.05) is 17.6 Å². The van der Waals surface area contributed by atoms with E-state index in [4.69, 9.17) is 5.73 Å². The Bertz CT molecular complexity index is 521. The number of nitrogen functional groups attached to an aromatic ring is 1. The van der Waals surface area contributed by atoms with E-state index in [9.17, 15) is 5.11 Å². The van der Waals surface area contributed by atoms with Gasteiger partial charge in [0.25, 0.3) is 0 Å². The Morgan fingerprint density at radius 2 is 1.83 bits per heavy atom. The van der Waals surface area contributed by atoms with Crippen LogP contribution in [0.2, 0.25) is 0 Å². The second kappa shape index (κ2) is 5.45. The molecule has 4 N–H and O–H groups in total. The van der Waals surface area contributed by atoms with Crippen LogP contribution in [0.5, 0.6) is 5.75 Å². The maximum atomic E-state index is 9.19. The Labute approximate surface area is 107 Å². The highest BCUT2D eigenvalue weighted by molar-refractivity contribution is 5.69. The molecule has 3 heteroatoms. The van der Waals surface area contributed by atoms with Crippen molar-refractivity contribution < 1.29 is 5.11 Å². The van der Waals surface area contributed by atoms with Gasteiger partial charge in [0, 0.05) is 6.54 Å². The molecule has 0 bridgehead atoms. The van der Waals surface area contributed by atoms with Crippen LogP contribution in [0.15, 0.2) is 42.5 Å². The van der Waals surface area contributed by atoms with E-state index < -0.39 is 0 Å². The summed E-state index contributed by atoms with van der Waals surface area (Å²) in [5, 5.41) is 12.5. The van der Waals surface area contributed by atoms with E-state index in [1.54, 1.807) is 12.1 Å². The maximum absolute atomic E-state index is 9.19. The molecular formula is C15H18N2O. The molecule has 0 spiro atoms. The second-order valence-electron chi connectivity index (χ2n) is 4.38. The van der Waals surface area contributed by atoms with Gasteiger partial charge < -0.3 is 16.2 Å². The minimum Gasteiger partial charge on any atom is -0.508 e. The van der Waals surface area contributed by atoms with Gasteiger partial charge in [-0.2, -0.15) is 0 Å². The molecule has 94 valence electrons. The molecule has 2 rings (SSSR count). The van der Waals surface area contributed by atoms with Crippen molar-refractivity contribution in [2.24, 2.45) is 0 Å². The van der Waals surface area contributed by atoms with Gasteiger partial charge in [0.1, 0.15) is 5.75 Å². The van der Waals surface area contributed by atoms with Gasteiger partial charge in [0.15, 0.2) is 0 Å². The molecule has 0 aromatic heterocycles. The molecule has 0 aliphatic carbocycles. The van der Waals surface area contributed by atoms with Crippen LogP contribution < -0.4 is 11.1 Å². The van der Waals surface area contributed by atoms with Crippen molar-refractivity contribution in [2.45, 2.75) is 13.3 Å². The quantitative estimate of drug-likeness (QED) is 0.722. The maximum Gasteiger partial charge on any atom is 0.115 e. The topological polar surface area (TPSA) is 58.3 Å². The number of rotatable bonds is 4. The van der Waals surface area contributed by atoms with E-state index in [2.05, 4.69) is 5.32 Å². The molecule has 0 fully saturated rings. The molecule has 0 aliphatic rings. The standard InChI is InChI=1S/C15H18N2O/c1-11-3-2-4-14(15(11)16)17-10-9-12-5-7-13(18)8-6-12/h2-8,17-18H,9-10,16H2,1H3. The summed E-state index contributed by atoms with van der Waals surface area (Å²) in [6.45, 7) is 2.82. The number of hydrogen-bond donors (Lipinski definition) is 3. The van der Waals surface area contributed by atoms with E-state index in [1.807, 2.05) is 37.3 Å². The van der Waals surface area contributed by atoms with Crippen LogP contribution in [0.25, 0.3) is 0 Å². The smallest absolute Gasteiger partial charge is 0.115 e. The minimum atomic E-state index is 0.301. The van der Waals surface area contributed by atoms with E-state index >= 15 is 0 Å². The number of hydrogen-bond acceptors (Lipinski definition) is 3. The molecule has 0 saturated carbocycles. The largest absolute Gasteiger partial charge is 0.508 e. The number of anilines is 2. The molecule has 0 amide bonds. The lowest BCUT2D eigenvalue weighted by Gasteiger charge is -2.11. The highest BCUT2D eigenvalue weighted by Gasteiger charge is 2.00. The summed E-state index contributed by atoms with van der Waals surface area (Å²) in [4.78, 5) is 0. The first-order valence-corrected chi connectivity index (χ1v) is 6.03. The SMILES string of the molecule is Cc1cccc(NCCc2ccc(O)cc2)c1N. The van der Waals surface area contributed by atoms with E-state index in [0.717, 1.165) is 29.9 Å². The zero-order valence-electron chi connectivity index (χ0n) is 10.5. The van der Waals surface area contributed by atoms with Gasteiger partial charge in [-0.1, -0.05) is 24.3 Å². The van der Waals surface area contributed by atoms with E-state index in [0.29, 0.717) is 5.75 Å². The monoisotopic (exact) mass is 242 g/mol. The molecule has 0 saturated heterocycles. The third-order valence-corrected chi connectivity index (χ3v) is 2.99. The number of phenols is 1. The lowest BCUT2D eigenvalue weighted by molar-refractivity contribution is 0.475. The van der Waals surface area contributed by atoms with Crippen LogP contribution in [0, 0.1) is 6.92 Å². The van der Waals surface area contributed by atoms with Crippen molar-refractivity contribution in [1.82, 2.24) is 0 Å². The van der Waals surface area contributed by atoms with Crippen molar-refractivity contribution in [3.05, 3.63) is 53.6 Å². The molecule has 0 aliphatic heterocycles. The third kappa shape index (κ3) is 2.94. The van der Waals surface area contributed by atoms with Crippen molar-refractivity contribution in [1.29, 1.82) is 0 Å².